The minimum Gasteiger partial charge on any atom is -0.457 e. The first kappa shape index (κ1) is 18.1. The van der Waals surface area contributed by atoms with Gasteiger partial charge in [0.15, 0.2) is 0 Å². The predicted octanol–water partition coefficient (Wildman–Crippen LogP) is 5.72. The van der Waals surface area contributed by atoms with E-state index in [1.54, 1.807) is 6.08 Å². The molecule has 3 aromatic carbocycles. The largest absolute Gasteiger partial charge is 0.457 e. The second-order valence-corrected chi connectivity index (χ2v) is 7.23. The van der Waals surface area contributed by atoms with Gasteiger partial charge < -0.3 is 4.74 Å². The molecule has 0 unspecified atom stereocenters. The number of hydrogen-bond acceptors (Lipinski definition) is 4. The van der Waals surface area contributed by atoms with Crippen LogP contribution in [0.15, 0.2) is 89.8 Å². The Kier molecular flexibility index (Phi) is 5.26. The Morgan fingerprint density at radius 2 is 1.50 bits per heavy atom. The molecule has 0 atom stereocenters. The van der Waals surface area contributed by atoms with Crippen LogP contribution in [0.3, 0.4) is 0 Å². The summed E-state index contributed by atoms with van der Waals surface area (Å²) in [5.74, 6) is 1.14. The second kappa shape index (κ2) is 8.15. The summed E-state index contributed by atoms with van der Waals surface area (Å²) in [6.07, 6.45) is 1.73. The standard InChI is InChI=1S/C23H17NO3S/c25-22-21(28-23(26)24(22)16-17-8-3-1-4-9-17)15-18-10-7-13-20(14-18)27-19-11-5-2-6-12-19/h1-15H,16H2/b21-15-. The first-order valence-electron chi connectivity index (χ1n) is 8.81. The zero-order valence-corrected chi connectivity index (χ0v) is 15.8. The van der Waals surface area contributed by atoms with E-state index in [9.17, 15) is 9.59 Å². The van der Waals surface area contributed by atoms with E-state index in [2.05, 4.69) is 0 Å². The van der Waals surface area contributed by atoms with Crippen molar-refractivity contribution < 1.29 is 14.3 Å². The number of carbonyl (C=O) groups excluding carboxylic acids is 2. The van der Waals surface area contributed by atoms with Crippen molar-refractivity contribution in [3.8, 4) is 11.5 Å². The lowest BCUT2D eigenvalue weighted by Gasteiger charge is -2.12. The Morgan fingerprint density at radius 3 is 2.25 bits per heavy atom. The molecule has 0 radical (unpaired) electrons. The quantitative estimate of drug-likeness (QED) is 0.526. The zero-order valence-electron chi connectivity index (χ0n) is 14.9. The number of rotatable bonds is 5. The van der Waals surface area contributed by atoms with Crippen LogP contribution in [0.25, 0.3) is 6.08 Å². The van der Waals surface area contributed by atoms with Gasteiger partial charge in [0.1, 0.15) is 11.5 Å². The van der Waals surface area contributed by atoms with Gasteiger partial charge in [-0.15, -0.1) is 0 Å². The maximum atomic E-state index is 12.7. The average molecular weight is 387 g/mol. The Bertz CT molecular complexity index is 1030. The number of carbonyl (C=O) groups is 2. The van der Waals surface area contributed by atoms with Gasteiger partial charge in [0.2, 0.25) is 0 Å². The molecule has 3 aromatic rings. The molecule has 1 heterocycles. The van der Waals surface area contributed by atoms with Gasteiger partial charge in [-0.05, 0) is 53.2 Å². The lowest BCUT2D eigenvalue weighted by molar-refractivity contribution is -0.123. The van der Waals surface area contributed by atoms with E-state index in [-0.39, 0.29) is 17.7 Å². The van der Waals surface area contributed by atoms with Gasteiger partial charge in [-0.3, -0.25) is 14.5 Å². The van der Waals surface area contributed by atoms with Gasteiger partial charge >= 0.3 is 0 Å². The molecular weight excluding hydrogens is 370 g/mol. The number of thioether (sulfide) groups is 1. The number of ether oxygens (including phenoxy) is 1. The summed E-state index contributed by atoms with van der Waals surface area (Å²) >= 11 is 0.963. The maximum absolute atomic E-state index is 12.7. The lowest BCUT2D eigenvalue weighted by atomic mass is 10.2. The van der Waals surface area contributed by atoms with Crippen molar-refractivity contribution in [2.24, 2.45) is 0 Å². The molecule has 0 saturated carbocycles. The fraction of sp³-hybridized carbons (Fsp3) is 0.0435. The van der Waals surface area contributed by atoms with Crippen molar-refractivity contribution in [2.45, 2.75) is 6.54 Å². The average Bonchev–Trinajstić information content (AvgIpc) is 2.97. The number of imide groups is 1. The van der Waals surface area contributed by atoms with E-state index in [0.717, 1.165) is 28.6 Å². The maximum Gasteiger partial charge on any atom is 0.293 e. The normalized spacial score (nSPS) is 15.3. The summed E-state index contributed by atoms with van der Waals surface area (Å²) < 4.78 is 5.83. The molecule has 1 fully saturated rings. The summed E-state index contributed by atoms with van der Waals surface area (Å²) in [5.41, 5.74) is 1.72. The second-order valence-electron chi connectivity index (χ2n) is 6.24. The molecule has 1 aliphatic rings. The van der Waals surface area contributed by atoms with E-state index < -0.39 is 0 Å². The van der Waals surface area contributed by atoms with Gasteiger partial charge in [-0.2, -0.15) is 0 Å². The van der Waals surface area contributed by atoms with Crippen molar-refractivity contribution in [3.05, 3.63) is 101 Å². The molecule has 4 nitrogen and oxygen atoms in total. The third-order valence-electron chi connectivity index (χ3n) is 4.19. The van der Waals surface area contributed by atoms with Crippen molar-refractivity contribution in [1.29, 1.82) is 0 Å². The highest BCUT2D eigenvalue weighted by atomic mass is 32.2. The smallest absolute Gasteiger partial charge is 0.293 e. The topological polar surface area (TPSA) is 46.6 Å². The van der Waals surface area contributed by atoms with E-state index in [4.69, 9.17) is 4.74 Å². The lowest BCUT2D eigenvalue weighted by Crippen LogP contribution is -2.27. The Labute approximate surface area is 167 Å². The highest BCUT2D eigenvalue weighted by molar-refractivity contribution is 8.18. The molecule has 0 aliphatic carbocycles. The molecule has 2 amide bonds. The van der Waals surface area contributed by atoms with Crippen LogP contribution in [0.4, 0.5) is 4.79 Å². The minimum atomic E-state index is -0.270. The molecule has 0 bridgehead atoms. The van der Waals surface area contributed by atoms with Crippen LogP contribution in [0, 0.1) is 0 Å². The molecule has 1 saturated heterocycles. The monoisotopic (exact) mass is 387 g/mol. The summed E-state index contributed by atoms with van der Waals surface area (Å²) in [6, 6.07) is 26.4. The molecule has 0 N–H and O–H groups in total. The fourth-order valence-electron chi connectivity index (χ4n) is 2.85. The molecule has 28 heavy (non-hydrogen) atoms. The summed E-state index contributed by atoms with van der Waals surface area (Å²) in [7, 11) is 0. The van der Waals surface area contributed by atoms with E-state index in [1.807, 2.05) is 84.9 Å². The third kappa shape index (κ3) is 4.15. The van der Waals surface area contributed by atoms with Crippen LogP contribution in [0.5, 0.6) is 11.5 Å². The Balaban J connectivity index is 1.52. The first-order chi connectivity index (χ1) is 13.7. The Morgan fingerprint density at radius 1 is 0.821 bits per heavy atom. The fourth-order valence-corrected chi connectivity index (χ4v) is 3.68. The molecular formula is C23H17NO3S. The molecule has 1 aliphatic heterocycles. The van der Waals surface area contributed by atoms with Gasteiger partial charge in [-0.1, -0.05) is 60.7 Å². The van der Waals surface area contributed by atoms with Crippen LogP contribution >= 0.6 is 11.8 Å². The van der Waals surface area contributed by atoms with Gasteiger partial charge in [0.05, 0.1) is 11.4 Å². The highest BCUT2D eigenvalue weighted by Gasteiger charge is 2.34. The number of para-hydroxylation sites is 1. The van der Waals surface area contributed by atoms with Crippen LogP contribution in [0.2, 0.25) is 0 Å². The molecule has 0 spiro atoms. The zero-order chi connectivity index (χ0) is 19.3. The molecule has 4 rings (SSSR count). The van der Waals surface area contributed by atoms with Crippen molar-refractivity contribution in [1.82, 2.24) is 4.90 Å². The number of hydrogen-bond donors (Lipinski definition) is 0. The molecule has 5 heteroatoms. The van der Waals surface area contributed by atoms with Crippen LogP contribution < -0.4 is 4.74 Å². The summed E-state index contributed by atoms with van der Waals surface area (Å²) in [5, 5.41) is -0.253. The summed E-state index contributed by atoms with van der Waals surface area (Å²) in [4.78, 5) is 26.7. The van der Waals surface area contributed by atoms with Crippen molar-refractivity contribution in [2.75, 3.05) is 0 Å². The van der Waals surface area contributed by atoms with Crippen molar-refractivity contribution >= 4 is 29.0 Å². The third-order valence-corrected chi connectivity index (χ3v) is 5.10. The number of amides is 2. The van der Waals surface area contributed by atoms with Gasteiger partial charge in [0.25, 0.3) is 11.1 Å². The number of nitrogens with zero attached hydrogens (tertiary/aromatic N) is 1. The number of benzene rings is 3. The van der Waals surface area contributed by atoms with Crippen LogP contribution in [-0.2, 0) is 11.3 Å². The van der Waals surface area contributed by atoms with E-state index in [1.165, 1.54) is 4.90 Å². The van der Waals surface area contributed by atoms with E-state index in [0.29, 0.717) is 10.7 Å². The molecule has 0 aromatic heterocycles. The SMILES string of the molecule is O=C1S/C(=C\c2cccc(Oc3ccccc3)c2)C(=O)N1Cc1ccccc1. The van der Waals surface area contributed by atoms with E-state index >= 15 is 0 Å². The minimum absolute atomic E-state index is 0.253. The van der Waals surface area contributed by atoms with Gasteiger partial charge in [0, 0.05) is 0 Å². The van der Waals surface area contributed by atoms with Crippen molar-refractivity contribution in [3.63, 3.8) is 0 Å². The predicted molar refractivity (Wildman–Crippen MR) is 111 cm³/mol. The Hall–Kier alpha value is -3.31. The first-order valence-corrected chi connectivity index (χ1v) is 9.63. The van der Waals surface area contributed by atoms with Gasteiger partial charge in [-0.25, -0.2) is 0 Å². The van der Waals surface area contributed by atoms with Crippen LogP contribution in [0.1, 0.15) is 11.1 Å². The highest BCUT2D eigenvalue weighted by Crippen LogP contribution is 2.34. The van der Waals surface area contributed by atoms with Crippen LogP contribution in [-0.4, -0.2) is 16.0 Å². The molecule has 138 valence electrons. The summed E-state index contributed by atoms with van der Waals surface area (Å²) in [6.45, 7) is 0.278.